The van der Waals surface area contributed by atoms with E-state index < -0.39 is 16.7 Å². The summed E-state index contributed by atoms with van der Waals surface area (Å²) in [6.07, 6.45) is 15.2. The SMILES string of the molecule is O=S(O)CC1(C2=CC=C2)CCCc2c1ccc1c2CC(C2(O)CCCCC2)c2ccccc2-1. The summed E-state index contributed by atoms with van der Waals surface area (Å²) in [6.45, 7) is 0. The highest BCUT2D eigenvalue weighted by molar-refractivity contribution is 7.79. The fourth-order valence-electron chi connectivity index (χ4n) is 7.22. The Morgan fingerprint density at radius 1 is 0.939 bits per heavy atom. The molecule has 2 aromatic rings. The highest BCUT2D eigenvalue weighted by atomic mass is 32.2. The van der Waals surface area contributed by atoms with Gasteiger partial charge in [-0.1, -0.05) is 73.9 Å². The molecule has 4 aliphatic rings. The van der Waals surface area contributed by atoms with Crippen LogP contribution < -0.4 is 0 Å². The van der Waals surface area contributed by atoms with Gasteiger partial charge in [0.05, 0.1) is 11.4 Å². The van der Waals surface area contributed by atoms with Gasteiger partial charge < -0.3 is 9.66 Å². The van der Waals surface area contributed by atoms with Crippen molar-refractivity contribution in [3.8, 4) is 11.1 Å². The van der Waals surface area contributed by atoms with E-state index in [0.29, 0.717) is 0 Å². The molecule has 0 amide bonds. The maximum absolute atomic E-state index is 12.1. The van der Waals surface area contributed by atoms with Crippen molar-refractivity contribution in [3.05, 3.63) is 82.5 Å². The third-order valence-corrected chi connectivity index (χ3v) is 9.59. The zero-order valence-corrected chi connectivity index (χ0v) is 19.9. The molecule has 3 unspecified atom stereocenters. The minimum atomic E-state index is -1.87. The number of aliphatic hydroxyl groups is 1. The fourth-order valence-corrected chi connectivity index (χ4v) is 8.11. The monoisotopic (exact) mass is 460 g/mol. The molecule has 0 saturated heterocycles. The summed E-state index contributed by atoms with van der Waals surface area (Å²) in [5.41, 5.74) is 7.96. The van der Waals surface area contributed by atoms with Gasteiger partial charge in [0.15, 0.2) is 11.1 Å². The van der Waals surface area contributed by atoms with Crippen molar-refractivity contribution >= 4 is 11.1 Å². The van der Waals surface area contributed by atoms with Crippen molar-refractivity contribution in [3.63, 3.8) is 0 Å². The van der Waals surface area contributed by atoms with Crippen LogP contribution in [0.25, 0.3) is 11.1 Å². The number of benzene rings is 2. The second kappa shape index (κ2) is 8.04. The maximum Gasteiger partial charge on any atom is 0.154 e. The van der Waals surface area contributed by atoms with Gasteiger partial charge >= 0.3 is 0 Å². The molecule has 2 aromatic carbocycles. The number of hydrogen-bond acceptors (Lipinski definition) is 2. The van der Waals surface area contributed by atoms with Crippen LogP contribution in [-0.2, 0) is 29.3 Å². The van der Waals surface area contributed by atoms with E-state index in [4.69, 9.17) is 0 Å². The summed E-state index contributed by atoms with van der Waals surface area (Å²) in [4.78, 5) is 0. The Morgan fingerprint density at radius 3 is 2.45 bits per heavy atom. The van der Waals surface area contributed by atoms with E-state index in [1.54, 1.807) is 0 Å². The molecule has 2 N–H and O–H groups in total. The smallest absolute Gasteiger partial charge is 0.154 e. The second-order valence-corrected chi connectivity index (χ2v) is 11.4. The van der Waals surface area contributed by atoms with Gasteiger partial charge in [-0.2, -0.15) is 0 Å². The molecule has 3 atom stereocenters. The zero-order valence-electron chi connectivity index (χ0n) is 19.1. The standard InChI is InChI=1S/C29H32O3S/c30-29(16-4-1-5-17-29)27-18-25-22(21-10-2-3-11-23(21)27)13-14-26-24(25)12-7-15-28(26,19-33(31)32)20-8-6-9-20/h2-3,6,8-11,13-14,27,30H,1,4-5,7,12,15-19H2,(H,31,32). The van der Waals surface area contributed by atoms with Gasteiger partial charge in [0.25, 0.3) is 0 Å². The van der Waals surface area contributed by atoms with E-state index in [1.165, 1.54) is 45.4 Å². The van der Waals surface area contributed by atoms with Crippen molar-refractivity contribution in [2.24, 2.45) is 0 Å². The molecule has 0 aromatic heterocycles. The van der Waals surface area contributed by atoms with Crippen LogP contribution >= 0.6 is 0 Å². The average molecular weight is 461 g/mol. The largest absolute Gasteiger partial charge is 0.389 e. The predicted octanol–water partition coefficient (Wildman–Crippen LogP) is 5.98. The molecule has 0 aliphatic heterocycles. The molecule has 0 radical (unpaired) electrons. The summed E-state index contributed by atoms with van der Waals surface area (Å²) in [5, 5.41) is 11.8. The molecular weight excluding hydrogens is 428 g/mol. The molecule has 6 rings (SSSR count). The minimum absolute atomic E-state index is 0.110. The molecule has 3 nitrogen and oxygen atoms in total. The Balaban J connectivity index is 1.53. The topological polar surface area (TPSA) is 57.5 Å². The van der Waals surface area contributed by atoms with E-state index in [9.17, 15) is 13.9 Å². The quantitative estimate of drug-likeness (QED) is 0.552. The van der Waals surface area contributed by atoms with Crippen molar-refractivity contribution in [2.45, 2.75) is 74.7 Å². The van der Waals surface area contributed by atoms with Gasteiger partial charge in [0.2, 0.25) is 0 Å². The van der Waals surface area contributed by atoms with Crippen molar-refractivity contribution in [2.75, 3.05) is 5.75 Å². The molecule has 172 valence electrons. The first-order valence-electron chi connectivity index (χ1n) is 12.5. The van der Waals surface area contributed by atoms with Crippen LogP contribution in [0.15, 0.2) is 60.2 Å². The lowest BCUT2D eigenvalue weighted by atomic mass is 9.61. The fraction of sp³-hybridized carbons (Fsp3) is 0.448. The lowest BCUT2D eigenvalue weighted by Gasteiger charge is -2.45. The van der Waals surface area contributed by atoms with Crippen LogP contribution in [0.5, 0.6) is 0 Å². The first-order chi connectivity index (χ1) is 16.0. The first kappa shape index (κ1) is 21.5. The van der Waals surface area contributed by atoms with Gasteiger partial charge in [-0.15, -0.1) is 0 Å². The van der Waals surface area contributed by atoms with E-state index in [-0.39, 0.29) is 17.1 Å². The van der Waals surface area contributed by atoms with E-state index in [2.05, 4.69) is 48.6 Å². The summed E-state index contributed by atoms with van der Waals surface area (Å²) in [6, 6.07) is 13.1. The molecule has 0 heterocycles. The molecule has 1 fully saturated rings. The Morgan fingerprint density at radius 2 is 1.73 bits per heavy atom. The third-order valence-electron chi connectivity index (χ3n) is 8.85. The Labute approximate surface area is 198 Å². The number of allylic oxidation sites excluding steroid dienone is 4. The van der Waals surface area contributed by atoms with Gasteiger partial charge in [-0.25, -0.2) is 4.21 Å². The van der Waals surface area contributed by atoms with Crippen molar-refractivity contribution < 1.29 is 13.9 Å². The van der Waals surface area contributed by atoms with Gasteiger partial charge in [0, 0.05) is 11.3 Å². The zero-order chi connectivity index (χ0) is 22.6. The van der Waals surface area contributed by atoms with Crippen LogP contribution in [0.3, 0.4) is 0 Å². The molecular formula is C29H32O3S. The minimum Gasteiger partial charge on any atom is -0.389 e. The summed E-state index contributed by atoms with van der Waals surface area (Å²) >= 11 is -1.87. The number of hydrogen-bond donors (Lipinski definition) is 2. The van der Waals surface area contributed by atoms with Gasteiger partial charge in [-0.05, 0) is 77.5 Å². The highest BCUT2D eigenvalue weighted by Crippen LogP contribution is 2.53. The normalized spacial score (nSPS) is 28.1. The summed E-state index contributed by atoms with van der Waals surface area (Å²) in [5.74, 6) is 0.359. The maximum atomic E-state index is 12.1. The first-order valence-corrected chi connectivity index (χ1v) is 13.7. The Kier molecular flexibility index (Phi) is 5.24. The average Bonchev–Trinajstić information content (AvgIpc) is 2.77. The number of fused-ring (bicyclic) bond motifs is 5. The van der Waals surface area contributed by atoms with E-state index in [0.717, 1.165) is 51.4 Å². The van der Waals surface area contributed by atoms with Crippen LogP contribution in [-0.4, -0.2) is 25.2 Å². The van der Waals surface area contributed by atoms with Crippen LogP contribution in [0.4, 0.5) is 0 Å². The predicted molar refractivity (Wildman–Crippen MR) is 134 cm³/mol. The van der Waals surface area contributed by atoms with E-state index in [1.807, 2.05) is 6.08 Å². The lowest BCUT2D eigenvalue weighted by molar-refractivity contribution is -0.0221. The molecule has 33 heavy (non-hydrogen) atoms. The van der Waals surface area contributed by atoms with Crippen LogP contribution in [0, 0.1) is 0 Å². The van der Waals surface area contributed by atoms with Crippen LogP contribution in [0.1, 0.15) is 73.1 Å². The Hall–Kier alpha value is -2.01. The summed E-state index contributed by atoms with van der Waals surface area (Å²) in [7, 11) is 0. The molecule has 4 aliphatic carbocycles. The molecule has 0 spiro atoms. The molecule has 4 heteroatoms. The van der Waals surface area contributed by atoms with Crippen molar-refractivity contribution in [1.82, 2.24) is 0 Å². The lowest BCUT2D eigenvalue weighted by Crippen LogP contribution is -2.42. The highest BCUT2D eigenvalue weighted by Gasteiger charge is 2.46. The second-order valence-electron chi connectivity index (χ2n) is 10.5. The molecule has 1 saturated carbocycles. The van der Waals surface area contributed by atoms with Crippen LogP contribution in [0.2, 0.25) is 0 Å². The Bertz CT molecular complexity index is 1190. The number of rotatable bonds is 4. The van der Waals surface area contributed by atoms with Gasteiger partial charge in [-0.3, -0.25) is 0 Å². The summed E-state index contributed by atoms with van der Waals surface area (Å²) < 4.78 is 22.1. The third kappa shape index (κ3) is 3.33. The van der Waals surface area contributed by atoms with E-state index >= 15 is 0 Å². The molecule has 0 bridgehead atoms. The van der Waals surface area contributed by atoms with Gasteiger partial charge in [0.1, 0.15) is 0 Å². The van der Waals surface area contributed by atoms with Crippen molar-refractivity contribution in [1.29, 1.82) is 0 Å².